The molecule has 3 aromatic rings. The molecule has 0 aliphatic heterocycles. The van der Waals surface area contributed by atoms with Crippen LogP contribution in [0.5, 0.6) is 0 Å². The number of carbonyl (C=O) groups excluding carboxylic acids is 1. The van der Waals surface area contributed by atoms with E-state index in [1.54, 1.807) is 0 Å². The molecule has 33 heavy (non-hydrogen) atoms. The van der Waals surface area contributed by atoms with E-state index in [2.05, 4.69) is 31.5 Å². The Balaban J connectivity index is 1.94. The monoisotopic (exact) mass is 474 g/mol. The fraction of sp³-hybridized carbons (Fsp3) is 0.190. The summed E-state index contributed by atoms with van der Waals surface area (Å²) in [5.41, 5.74) is 6.04. The van der Waals surface area contributed by atoms with Crippen LogP contribution in [0, 0.1) is 5.82 Å². The van der Waals surface area contributed by atoms with Gasteiger partial charge in [-0.2, -0.15) is 4.98 Å². The molecule has 12 heteroatoms. The van der Waals surface area contributed by atoms with Crippen LogP contribution in [0.15, 0.2) is 59.6 Å². The third kappa shape index (κ3) is 6.00. The van der Waals surface area contributed by atoms with E-state index in [1.165, 1.54) is 19.3 Å². The van der Waals surface area contributed by atoms with Crippen LogP contribution in [0.4, 0.5) is 21.8 Å². The van der Waals surface area contributed by atoms with E-state index >= 15 is 0 Å². The molecular formula is C21H23FN6O4S. The van der Waals surface area contributed by atoms with Gasteiger partial charge < -0.3 is 15.7 Å². The number of halogens is 1. The minimum Gasteiger partial charge on any atom is -0.394 e. The Morgan fingerprint density at radius 1 is 1.18 bits per heavy atom. The number of benzene rings is 2. The smallest absolute Gasteiger partial charge is 0.270 e. The van der Waals surface area contributed by atoms with Gasteiger partial charge in [0, 0.05) is 25.2 Å². The first-order chi connectivity index (χ1) is 15.7. The Morgan fingerprint density at radius 3 is 2.52 bits per heavy atom. The van der Waals surface area contributed by atoms with Crippen molar-refractivity contribution < 1.29 is 22.7 Å². The first-order valence-corrected chi connectivity index (χ1v) is 11.6. The van der Waals surface area contributed by atoms with Crippen LogP contribution in [0.2, 0.25) is 0 Å². The summed E-state index contributed by atoms with van der Waals surface area (Å²) in [5.74, 6) is -1.29. The average Bonchev–Trinajstić information content (AvgIpc) is 2.77. The lowest BCUT2D eigenvalue weighted by Crippen LogP contribution is -2.35. The lowest BCUT2D eigenvalue weighted by molar-refractivity contribution is 0.0938. The largest absolute Gasteiger partial charge is 0.394 e. The van der Waals surface area contributed by atoms with Crippen LogP contribution in [0.1, 0.15) is 22.0 Å². The molecule has 0 radical (unpaired) electrons. The summed E-state index contributed by atoms with van der Waals surface area (Å²) in [5, 5.41) is 15.7. The van der Waals surface area contributed by atoms with Gasteiger partial charge in [0.05, 0.1) is 12.6 Å². The summed E-state index contributed by atoms with van der Waals surface area (Å²) in [6.45, 7) is -0.276. The van der Waals surface area contributed by atoms with E-state index in [9.17, 15) is 22.7 Å². The molecule has 5 N–H and O–H groups in total. The molecule has 0 saturated heterocycles. The van der Waals surface area contributed by atoms with Crippen molar-refractivity contribution >= 4 is 33.2 Å². The minimum atomic E-state index is -3.71. The summed E-state index contributed by atoms with van der Waals surface area (Å²) in [6.07, 6.45) is 2.18. The number of rotatable bonds is 9. The van der Waals surface area contributed by atoms with Gasteiger partial charge >= 0.3 is 0 Å². The number of aliphatic hydroxyl groups is 1. The summed E-state index contributed by atoms with van der Waals surface area (Å²) in [7, 11) is -2.19. The molecular weight excluding hydrogens is 451 g/mol. The van der Waals surface area contributed by atoms with Crippen molar-refractivity contribution in [2.75, 3.05) is 30.5 Å². The molecule has 1 atom stereocenters. The normalized spacial score (nSPS) is 12.1. The summed E-state index contributed by atoms with van der Waals surface area (Å²) in [4.78, 5) is 20.4. The average molecular weight is 475 g/mol. The Labute approximate surface area is 190 Å². The van der Waals surface area contributed by atoms with Crippen LogP contribution in [-0.4, -0.2) is 49.3 Å². The Kier molecular flexibility index (Phi) is 7.53. The molecule has 1 heterocycles. The molecule has 2 aromatic carbocycles. The fourth-order valence-electron chi connectivity index (χ4n) is 2.99. The van der Waals surface area contributed by atoms with Crippen LogP contribution < -0.4 is 21.5 Å². The zero-order chi connectivity index (χ0) is 24.0. The van der Waals surface area contributed by atoms with E-state index in [4.69, 9.17) is 0 Å². The lowest BCUT2D eigenvalue weighted by atomic mass is 10.1. The number of aliphatic hydroxyl groups excluding tert-OH is 1. The predicted octanol–water partition coefficient (Wildman–Crippen LogP) is 1.77. The van der Waals surface area contributed by atoms with Crippen molar-refractivity contribution in [2.24, 2.45) is 0 Å². The van der Waals surface area contributed by atoms with Gasteiger partial charge in [0.25, 0.3) is 5.91 Å². The molecule has 0 aliphatic carbocycles. The van der Waals surface area contributed by atoms with Crippen LogP contribution in [0.25, 0.3) is 0 Å². The summed E-state index contributed by atoms with van der Waals surface area (Å²) < 4.78 is 37.5. The maximum atomic E-state index is 14.2. The van der Waals surface area contributed by atoms with Gasteiger partial charge in [-0.15, -0.1) is 0 Å². The van der Waals surface area contributed by atoms with E-state index in [0.717, 1.165) is 24.0 Å². The van der Waals surface area contributed by atoms with Gasteiger partial charge in [0.2, 0.25) is 5.95 Å². The van der Waals surface area contributed by atoms with Crippen LogP contribution >= 0.6 is 0 Å². The van der Waals surface area contributed by atoms with Gasteiger partial charge in [0.15, 0.2) is 9.84 Å². The molecule has 0 saturated carbocycles. The SMILES string of the molecule is CNNC(=O)c1cnc(Nc2ccc(S(C)(=O)=O)c(F)c2)nc1NC(CO)c1ccccc1. The number of nitrogens with zero attached hydrogens (tertiary/aromatic N) is 2. The zero-order valence-corrected chi connectivity index (χ0v) is 18.6. The molecule has 0 fully saturated rings. The molecule has 0 spiro atoms. The number of nitrogens with one attached hydrogen (secondary N) is 4. The van der Waals surface area contributed by atoms with Crippen molar-refractivity contribution in [2.45, 2.75) is 10.9 Å². The number of hydrogen-bond acceptors (Lipinski definition) is 9. The highest BCUT2D eigenvalue weighted by Crippen LogP contribution is 2.24. The minimum absolute atomic E-state index is 0.0229. The van der Waals surface area contributed by atoms with E-state index in [1.807, 2.05) is 30.3 Å². The number of hydrogen-bond donors (Lipinski definition) is 5. The van der Waals surface area contributed by atoms with Crippen LogP contribution in [-0.2, 0) is 9.84 Å². The van der Waals surface area contributed by atoms with Gasteiger partial charge in [-0.1, -0.05) is 30.3 Å². The van der Waals surface area contributed by atoms with Crippen molar-refractivity contribution in [3.63, 3.8) is 0 Å². The number of hydrazine groups is 1. The Bertz CT molecular complexity index is 1240. The molecule has 1 amide bonds. The third-order valence-electron chi connectivity index (χ3n) is 4.55. The highest BCUT2D eigenvalue weighted by atomic mass is 32.2. The van der Waals surface area contributed by atoms with Crippen molar-refractivity contribution in [1.82, 2.24) is 20.8 Å². The number of anilines is 3. The van der Waals surface area contributed by atoms with Gasteiger partial charge in [-0.25, -0.2) is 23.2 Å². The highest BCUT2D eigenvalue weighted by Gasteiger charge is 2.19. The summed E-state index contributed by atoms with van der Waals surface area (Å²) in [6, 6.07) is 12.0. The first kappa shape index (κ1) is 24.0. The molecule has 1 aromatic heterocycles. The molecule has 0 bridgehead atoms. The maximum Gasteiger partial charge on any atom is 0.270 e. The topological polar surface area (TPSA) is 145 Å². The quantitative estimate of drug-likeness (QED) is 0.293. The molecule has 174 valence electrons. The Morgan fingerprint density at radius 2 is 1.91 bits per heavy atom. The number of amides is 1. The van der Waals surface area contributed by atoms with E-state index in [-0.39, 0.29) is 29.6 Å². The van der Waals surface area contributed by atoms with E-state index < -0.39 is 32.5 Å². The van der Waals surface area contributed by atoms with Gasteiger partial charge in [0.1, 0.15) is 22.1 Å². The number of aromatic nitrogens is 2. The van der Waals surface area contributed by atoms with Crippen molar-refractivity contribution in [3.05, 3.63) is 71.7 Å². The van der Waals surface area contributed by atoms with Crippen molar-refractivity contribution in [3.8, 4) is 0 Å². The molecule has 0 aliphatic rings. The van der Waals surface area contributed by atoms with Gasteiger partial charge in [-0.05, 0) is 23.8 Å². The lowest BCUT2D eigenvalue weighted by Gasteiger charge is -2.20. The van der Waals surface area contributed by atoms with E-state index in [0.29, 0.717) is 0 Å². The number of carbonyl (C=O) groups is 1. The molecule has 1 unspecified atom stereocenters. The number of sulfone groups is 1. The van der Waals surface area contributed by atoms with Gasteiger partial charge in [-0.3, -0.25) is 10.2 Å². The standard InChI is InChI=1S/C21H23FN6O4S/c1-23-28-20(30)15-11-24-21(25-14-8-9-18(16(22)10-14)33(2,31)32)27-19(15)26-17(12-29)13-6-4-3-5-7-13/h3-11,17,23,29H,12H2,1-2H3,(H,28,30)(H2,24,25,26,27). The van der Waals surface area contributed by atoms with Crippen molar-refractivity contribution in [1.29, 1.82) is 0 Å². The third-order valence-corrected chi connectivity index (χ3v) is 5.68. The second kappa shape index (κ2) is 10.3. The first-order valence-electron chi connectivity index (χ1n) is 9.76. The molecule has 3 rings (SSSR count). The second-order valence-corrected chi connectivity index (χ2v) is 8.98. The molecule has 10 nitrogen and oxygen atoms in total. The second-order valence-electron chi connectivity index (χ2n) is 6.99. The highest BCUT2D eigenvalue weighted by molar-refractivity contribution is 7.90. The predicted molar refractivity (Wildman–Crippen MR) is 121 cm³/mol. The zero-order valence-electron chi connectivity index (χ0n) is 17.8. The van der Waals surface area contributed by atoms with Crippen LogP contribution in [0.3, 0.4) is 0 Å². The summed E-state index contributed by atoms with van der Waals surface area (Å²) >= 11 is 0. The Hall–Kier alpha value is -3.61. The maximum absolute atomic E-state index is 14.2. The fourth-order valence-corrected chi connectivity index (χ4v) is 3.72.